The van der Waals surface area contributed by atoms with Crippen LogP contribution >= 0.6 is 0 Å². The highest BCUT2D eigenvalue weighted by molar-refractivity contribution is 7.90. The number of benzene rings is 2. The van der Waals surface area contributed by atoms with Crippen LogP contribution in [0, 0.1) is 11.6 Å². The molecule has 1 aromatic heterocycles. The Morgan fingerprint density at radius 2 is 1.81 bits per heavy atom. The molecule has 0 unspecified atom stereocenters. The van der Waals surface area contributed by atoms with E-state index in [-0.39, 0.29) is 10.8 Å². The monoisotopic (exact) mass is 533 g/mol. The molecule has 2 aromatic carbocycles. The van der Waals surface area contributed by atoms with Crippen molar-refractivity contribution in [2.24, 2.45) is 0 Å². The second kappa shape index (κ2) is 10.2. The number of carbonyl (C=O) groups is 2. The number of hydrogen-bond donors (Lipinski definition) is 4. The van der Waals surface area contributed by atoms with Gasteiger partial charge in [0.2, 0.25) is 17.8 Å². The first-order chi connectivity index (χ1) is 17.5. The van der Waals surface area contributed by atoms with Gasteiger partial charge in [-0.25, -0.2) is 21.9 Å². The van der Waals surface area contributed by atoms with Crippen molar-refractivity contribution in [3.63, 3.8) is 0 Å². The van der Waals surface area contributed by atoms with E-state index in [1.165, 1.54) is 35.9 Å². The van der Waals surface area contributed by atoms with E-state index in [9.17, 15) is 31.8 Å². The van der Waals surface area contributed by atoms with E-state index >= 15 is 0 Å². The quantitative estimate of drug-likeness (QED) is 0.321. The predicted molar refractivity (Wildman–Crippen MR) is 129 cm³/mol. The molecule has 194 valence electrons. The standard InChI is InChI=1S/C21H22BF2N7O5S/c1-22(34)30-11-3-6-16(30)18(32)29-37(35,36)13-9-7-12(8-10-13)26-21-27-20(25)31(28-21)19(33)17-14(23)4-2-5-15(17)24/h2,4-5,7-10,16,34H,3,6,11H2,1H3,(H,29,32)(H3,25,26,27,28)/t16-/m0/s1. The molecule has 0 radical (unpaired) electrons. The number of nitrogens with two attached hydrogens (primary N) is 1. The van der Waals surface area contributed by atoms with Crippen LogP contribution in [0.15, 0.2) is 47.4 Å². The maximum atomic E-state index is 14.0. The number of sulfonamides is 1. The molecule has 3 aromatic rings. The summed E-state index contributed by atoms with van der Waals surface area (Å²) in [6.45, 7) is 1.98. The number of amides is 1. The second-order valence-corrected chi connectivity index (χ2v) is 9.94. The highest BCUT2D eigenvalue weighted by Crippen LogP contribution is 2.22. The van der Waals surface area contributed by atoms with Gasteiger partial charge in [-0.05, 0) is 62.6 Å². The summed E-state index contributed by atoms with van der Waals surface area (Å²) in [6, 6.07) is 7.32. The van der Waals surface area contributed by atoms with Crippen molar-refractivity contribution < 1.29 is 31.8 Å². The fourth-order valence-corrected chi connectivity index (χ4v) is 4.97. The zero-order chi connectivity index (χ0) is 26.9. The molecule has 1 amide bonds. The molecular formula is C21H22BF2N7O5S. The van der Waals surface area contributed by atoms with Crippen LogP contribution in [0.5, 0.6) is 0 Å². The minimum absolute atomic E-state index is 0.189. The minimum Gasteiger partial charge on any atom is -0.437 e. The minimum atomic E-state index is -4.19. The van der Waals surface area contributed by atoms with Crippen molar-refractivity contribution in [1.82, 2.24) is 24.3 Å². The third kappa shape index (κ3) is 5.45. The van der Waals surface area contributed by atoms with Crippen LogP contribution in [0.2, 0.25) is 6.82 Å². The summed E-state index contributed by atoms with van der Waals surface area (Å²) in [5.74, 6) is -4.71. The van der Waals surface area contributed by atoms with Gasteiger partial charge in [0.05, 0.1) is 10.9 Å². The molecule has 0 saturated carbocycles. The number of nitrogen functional groups attached to an aromatic ring is 1. The van der Waals surface area contributed by atoms with Crippen molar-refractivity contribution in [2.45, 2.75) is 30.6 Å². The number of aromatic nitrogens is 3. The smallest absolute Gasteiger partial charge is 0.377 e. The van der Waals surface area contributed by atoms with E-state index in [0.717, 1.165) is 18.2 Å². The van der Waals surface area contributed by atoms with Gasteiger partial charge in [0.25, 0.3) is 15.9 Å². The Morgan fingerprint density at radius 1 is 1.16 bits per heavy atom. The zero-order valence-corrected chi connectivity index (χ0v) is 20.2. The molecule has 0 spiro atoms. The molecule has 1 fully saturated rings. The summed E-state index contributed by atoms with van der Waals surface area (Å²) in [4.78, 5) is 30.2. The Balaban J connectivity index is 1.46. The maximum Gasteiger partial charge on any atom is 0.377 e. The summed E-state index contributed by atoms with van der Waals surface area (Å²) in [5.41, 5.74) is 5.13. The summed E-state index contributed by atoms with van der Waals surface area (Å²) in [7, 11) is -5.09. The van der Waals surface area contributed by atoms with Gasteiger partial charge in [-0.15, -0.1) is 5.10 Å². The number of carbonyl (C=O) groups excluding carboxylic acids is 2. The maximum absolute atomic E-state index is 14.0. The van der Waals surface area contributed by atoms with Crippen molar-refractivity contribution in [1.29, 1.82) is 0 Å². The van der Waals surface area contributed by atoms with Crippen molar-refractivity contribution in [3.8, 4) is 0 Å². The van der Waals surface area contributed by atoms with Gasteiger partial charge >= 0.3 is 7.05 Å². The first-order valence-electron chi connectivity index (χ1n) is 11.1. The number of halogens is 2. The lowest BCUT2D eigenvalue weighted by molar-refractivity contribution is -0.122. The van der Waals surface area contributed by atoms with Crippen LogP contribution in [-0.4, -0.2) is 64.5 Å². The summed E-state index contributed by atoms with van der Waals surface area (Å²) < 4.78 is 55.8. The Hall–Kier alpha value is -3.89. The van der Waals surface area contributed by atoms with E-state index in [1.54, 1.807) is 0 Å². The Kier molecular flexibility index (Phi) is 7.24. The van der Waals surface area contributed by atoms with Crippen LogP contribution in [0.25, 0.3) is 0 Å². The molecule has 0 aliphatic carbocycles. The largest absolute Gasteiger partial charge is 0.437 e. The second-order valence-electron chi connectivity index (χ2n) is 8.25. The molecule has 37 heavy (non-hydrogen) atoms. The van der Waals surface area contributed by atoms with Crippen LogP contribution in [0.1, 0.15) is 23.2 Å². The number of hydrogen-bond acceptors (Lipinski definition) is 10. The third-order valence-electron chi connectivity index (χ3n) is 5.73. The Morgan fingerprint density at radius 3 is 2.43 bits per heavy atom. The van der Waals surface area contributed by atoms with Gasteiger partial charge in [0.15, 0.2) is 0 Å². The molecule has 1 aliphatic rings. The first-order valence-corrected chi connectivity index (χ1v) is 12.5. The molecule has 1 atom stereocenters. The van der Waals surface area contributed by atoms with Crippen molar-refractivity contribution in [3.05, 3.63) is 59.7 Å². The average Bonchev–Trinajstić information content (AvgIpc) is 3.46. The number of nitrogens with one attached hydrogen (secondary N) is 2. The highest BCUT2D eigenvalue weighted by atomic mass is 32.2. The predicted octanol–water partition coefficient (Wildman–Crippen LogP) is 0.950. The summed E-state index contributed by atoms with van der Waals surface area (Å²) >= 11 is 0. The fraction of sp³-hybridized carbons (Fsp3) is 0.238. The van der Waals surface area contributed by atoms with Crippen LogP contribution in [0.3, 0.4) is 0 Å². The molecule has 12 nitrogen and oxygen atoms in total. The topological polar surface area (TPSA) is 173 Å². The molecule has 16 heteroatoms. The molecule has 2 heterocycles. The van der Waals surface area contributed by atoms with E-state index in [2.05, 4.69) is 15.4 Å². The lowest BCUT2D eigenvalue weighted by atomic mass is 9.84. The Labute approximate surface area is 210 Å². The van der Waals surface area contributed by atoms with Gasteiger partial charge in [0.1, 0.15) is 17.2 Å². The van der Waals surface area contributed by atoms with Gasteiger partial charge < -0.3 is 20.9 Å². The van der Waals surface area contributed by atoms with Crippen molar-refractivity contribution in [2.75, 3.05) is 17.6 Å². The van der Waals surface area contributed by atoms with E-state index in [0.29, 0.717) is 29.8 Å². The normalized spacial score (nSPS) is 15.9. The first kappa shape index (κ1) is 26.2. The molecule has 0 bridgehead atoms. The summed E-state index contributed by atoms with van der Waals surface area (Å²) in [5, 5.41) is 16.3. The van der Waals surface area contributed by atoms with Gasteiger partial charge in [0, 0.05) is 5.69 Å². The third-order valence-corrected chi connectivity index (χ3v) is 7.10. The molecule has 4 rings (SSSR count). The SMILES string of the molecule is CB(O)N1CCC[C@H]1C(=O)NS(=O)(=O)c1ccc(Nc2nc(N)n(C(=O)c3c(F)cccc3F)n2)cc1. The van der Waals surface area contributed by atoms with Gasteiger partial charge in [-0.1, -0.05) is 6.07 Å². The van der Waals surface area contributed by atoms with E-state index < -0.39 is 58.1 Å². The lowest BCUT2D eigenvalue weighted by Crippen LogP contribution is -2.50. The van der Waals surface area contributed by atoms with Gasteiger partial charge in [-0.3, -0.25) is 9.59 Å². The van der Waals surface area contributed by atoms with Crippen LogP contribution in [0.4, 0.5) is 26.4 Å². The van der Waals surface area contributed by atoms with Crippen LogP contribution in [-0.2, 0) is 14.8 Å². The van der Waals surface area contributed by atoms with Crippen molar-refractivity contribution >= 4 is 46.5 Å². The number of nitrogens with zero attached hydrogens (tertiary/aromatic N) is 4. The molecular weight excluding hydrogens is 511 g/mol. The lowest BCUT2D eigenvalue weighted by Gasteiger charge is -2.24. The Bertz CT molecular complexity index is 1430. The van der Waals surface area contributed by atoms with E-state index in [1.807, 2.05) is 4.72 Å². The zero-order valence-electron chi connectivity index (χ0n) is 19.4. The van der Waals surface area contributed by atoms with Crippen LogP contribution < -0.4 is 15.8 Å². The molecule has 1 aliphatic heterocycles. The number of rotatable bonds is 7. The molecule has 5 N–H and O–H groups in total. The van der Waals surface area contributed by atoms with Gasteiger partial charge in [-0.2, -0.15) is 9.67 Å². The molecule has 1 saturated heterocycles. The average molecular weight is 533 g/mol. The highest BCUT2D eigenvalue weighted by Gasteiger charge is 2.36. The van der Waals surface area contributed by atoms with E-state index in [4.69, 9.17) is 5.73 Å². The fourth-order valence-electron chi connectivity index (χ4n) is 3.96. The summed E-state index contributed by atoms with van der Waals surface area (Å²) in [6.07, 6.45) is 1.07. The number of anilines is 3.